The monoisotopic (exact) mass is 220 g/mol. The molecule has 0 fully saturated rings. The van der Waals surface area contributed by atoms with Crippen LogP contribution in [0.25, 0.3) is 11.2 Å². The van der Waals surface area contributed by atoms with Gasteiger partial charge >= 0.3 is 0 Å². The molecule has 0 aliphatic carbocycles. The first-order chi connectivity index (χ1) is 7.43. The molecule has 0 saturated heterocycles. The summed E-state index contributed by atoms with van der Waals surface area (Å²) in [5.41, 5.74) is 7.08. The first kappa shape index (κ1) is 10.7. The molecule has 0 saturated carbocycles. The number of aromatic nitrogens is 4. The van der Waals surface area contributed by atoms with E-state index in [1.54, 1.807) is 13.4 Å². The smallest absolute Gasteiger partial charge is 0.224 e. The van der Waals surface area contributed by atoms with Crippen molar-refractivity contribution in [2.75, 3.05) is 18.1 Å². The Bertz CT molecular complexity index is 522. The Labute approximate surface area is 93.9 Å². The molecular formula is C10H16N6. The average molecular weight is 220 g/mol. The molecule has 3 N–H and O–H groups in total. The molecule has 6 heteroatoms. The lowest BCUT2D eigenvalue weighted by Crippen LogP contribution is -2.21. The topological polar surface area (TPSA) is 81.7 Å². The van der Waals surface area contributed by atoms with Crippen molar-refractivity contribution in [2.24, 2.45) is 0 Å². The molecule has 0 spiro atoms. The molecule has 2 aromatic rings. The second-order valence-electron chi connectivity index (χ2n) is 4.64. The Kier molecular flexibility index (Phi) is 2.22. The van der Waals surface area contributed by atoms with Gasteiger partial charge in [0.25, 0.3) is 0 Å². The zero-order valence-corrected chi connectivity index (χ0v) is 9.94. The van der Waals surface area contributed by atoms with Gasteiger partial charge in [-0.15, -0.1) is 0 Å². The van der Waals surface area contributed by atoms with E-state index in [0.717, 1.165) is 11.2 Å². The van der Waals surface area contributed by atoms with Gasteiger partial charge in [0, 0.05) is 12.6 Å². The molecule has 2 rings (SSSR count). The van der Waals surface area contributed by atoms with Crippen LogP contribution in [0.3, 0.4) is 0 Å². The van der Waals surface area contributed by atoms with Crippen LogP contribution in [0.1, 0.15) is 20.8 Å². The molecule has 0 aliphatic rings. The van der Waals surface area contributed by atoms with Gasteiger partial charge in [-0.2, -0.15) is 9.97 Å². The molecule has 86 valence electrons. The first-order valence-corrected chi connectivity index (χ1v) is 5.12. The molecule has 6 nitrogen and oxygen atoms in total. The normalized spacial score (nSPS) is 12.0. The maximum Gasteiger partial charge on any atom is 0.224 e. The van der Waals surface area contributed by atoms with Crippen molar-refractivity contribution in [1.29, 1.82) is 0 Å². The minimum atomic E-state index is -0.0828. The molecule has 0 atom stereocenters. The van der Waals surface area contributed by atoms with Crippen molar-refractivity contribution >= 4 is 22.9 Å². The van der Waals surface area contributed by atoms with Gasteiger partial charge in [0.1, 0.15) is 0 Å². The van der Waals surface area contributed by atoms with Crippen LogP contribution in [0.5, 0.6) is 0 Å². The summed E-state index contributed by atoms with van der Waals surface area (Å²) < 4.78 is 1.99. The molecule has 16 heavy (non-hydrogen) atoms. The summed E-state index contributed by atoms with van der Waals surface area (Å²) in [6.07, 6.45) is 1.76. The number of nitrogens with zero attached hydrogens (tertiary/aromatic N) is 4. The zero-order valence-electron chi connectivity index (χ0n) is 9.94. The van der Waals surface area contributed by atoms with Gasteiger partial charge in [0.15, 0.2) is 17.0 Å². The second-order valence-corrected chi connectivity index (χ2v) is 4.64. The number of hydrogen-bond acceptors (Lipinski definition) is 5. The van der Waals surface area contributed by atoms with Crippen LogP contribution in [0.4, 0.5) is 11.8 Å². The summed E-state index contributed by atoms with van der Waals surface area (Å²) in [4.78, 5) is 12.6. The highest BCUT2D eigenvalue weighted by Gasteiger charge is 2.19. The van der Waals surface area contributed by atoms with Gasteiger partial charge in [-0.25, -0.2) is 4.98 Å². The number of fused-ring (bicyclic) bond motifs is 1. The molecule has 0 amide bonds. The largest absolute Gasteiger partial charge is 0.371 e. The number of imidazole rings is 1. The fourth-order valence-electron chi connectivity index (χ4n) is 1.58. The van der Waals surface area contributed by atoms with Crippen molar-refractivity contribution in [3.05, 3.63) is 6.33 Å². The Morgan fingerprint density at radius 2 is 2.00 bits per heavy atom. The van der Waals surface area contributed by atoms with E-state index in [0.29, 0.717) is 5.82 Å². The van der Waals surface area contributed by atoms with E-state index in [9.17, 15) is 0 Å². The highest BCUT2D eigenvalue weighted by Crippen LogP contribution is 2.24. The van der Waals surface area contributed by atoms with E-state index < -0.39 is 0 Å². The van der Waals surface area contributed by atoms with Gasteiger partial charge in [0.2, 0.25) is 5.95 Å². The molecule has 2 heterocycles. The second kappa shape index (κ2) is 3.33. The van der Waals surface area contributed by atoms with Crippen molar-refractivity contribution in [3.63, 3.8) is 0 Å². The Morgan fingerprint density at radius 3 is 2.56 bits per heavy atom. The predicted molar refractivity (Wildman–Crippen MR) is 64.3 cm³/mol. The van der Waals surface area contributed by atoms with E-state index >= 15 is 0 Å². The number of anilines is 2. The molecule has 0 aromatic carbocycles. The van der Waals surface area contributed by atoms with Crippen LogP contribution in [0, 0.1) is 0 Å². The number of nitrogen functional groups attached to an aromatic ring is 1. The van der Waals surface area contributed by atoms with E-state index in [1.165, 1.54) is 0 Å². The highest BCUT2D eigenvalue weighted by atomic mass is 15.2. The summed E-state index contributed by atoms with van der Waals surface area (Å²) in [6, 6.07) is 0. The van der Waals surface area contributed by atoms with E-state index in [2.05, 4.69) is 41.0 Å². The first-order valence-electron chi connectivity index (χ1n) is 5.12. The third kappa shape index (κ3) is 1.56. The van der Waals surface area contributed by atoms with Gasteiger partial charge in [-0.05, 0) is 20.8 Å². The quantitative estimate of drug-likeness (QED) is 0.754. The Hall–Kier alpha value is -1.85. The summed E-state index contributed by atoms with van der Waals surface area (Å²) in [5.74, 6) is 0.911. The number of rotatable bonds is 1. The van der Waals surface area contributed by atoms with Crippen LogP contribution < -0.4 is 11.1 Å². The molecule has 0 bridgehead atoms. The lowest BCUT2D eigenvalue weighted by atomic mass is 10.1. The zero-order chi connectivity index (χ0) is 11.9. The highest BCUT2D eigenvalue weighted by molar-refractivity contribution is 5.84. The molecule has 2 aromatic heterocycles. The van der Waals surface area contributed by atoms with Gasteiger partial charge < -0.3 is 15.6 Å². The van der Waals surface area contributed by atoms with Crippen molar-refractivity contribution in [3.8, 4) is 0 Å². The fraction of sp³-hybridized carbons (Fsp3) is 0.500. The lowest BCUT2D eigenvalue weighted by Gasteiger charge is -2.20. The van der Waals surface area contributed by atoms with Gasteiger partial charge in [0.05, 0.1) is 6.33 Å². The number of nitrogens with two attached hydrogens (primary N) is 1. The molecule has 0 radical (unpaired) electrons. The standard InChI is InChI=1S/C10H16N6/c1-10(2,3)16-5-13-6-7(12-4)14-9(11)15-8(6)16/h5H,1-4H3,(H3,11,12,14,15). The van der Waals surface area contributed by atoms with Gasteiger partial charge in [-0.1, -0.05) is 0 Å². The predicted octanol–water partition coefficient (Wildman–Crippen LogP) is 1.21. The van der Waals surface area contributed by atoms with Crippen molar-refractivity contribution < 1.29 is 0 Å². The minimum Gasteiger partial charge on any atom is -0.371 e. The average Bonchev–Trinajstić information content (AvgIpc) is 2.58. The van der Waals surface area contributed by atoms with Crippen LogP contribution >= 0.6 is 0 Å². The Morgan fingerprint density at radius 1 is 1.31 bits per heavy atom. The van der Waals surface area contributed by atoms with Gasteiger partial charge in [-0.3, -0.25) is 0 Å². The molecule has 0 aliphatic heterocycles. The van der Waals surface area contributed by atoms with Crippen molar-refractivity contribution in [1.82, 2.24) is 19.5 Å². The van der Waals surface area contributed by atoms with Crippen LogP contribution in [0.2, 0.25) is 0 Å². The lowest BCUT2D eigenvalue weighted by molar-refractivity contribution is 0.406. The van der Waals surface area contributed by atoms with Crippen LogP contribution in [-0.4, -0.2) is 26.6 Å². The van der Waals surface area contributed by atoms with Crippen molar-refractivity contribution in [2.45, 2.75) is 26.3 Å². The number of nitrogens with one attached hydrogen (secondary N) is 1. The van der Waals surface area contributed by atoms with Crippen LogP contribution in [0.15, 0.2) is 6.33 Å². The fourth-order valence-corrected chi connectivity index (χ4v) is 1.58. The minimum absolute atomic E-state index is 0.0828. The van der Waals surface area contributed by atoms with E-state index in [-0.39, 0.29) is 11.5 Å². The Balaban J connectivity index is 2.77. The summed E-state index contributed by atoms with van der Waals surface area (Å²) in [7, 11) is 1.79. The van der Waals surface area contributed by atoms with E-state index in [4.69, 9.17) is 5.73 Å². The summed E-state index contributed by atoms with van der Waals surface area (Å²) in [6.45, 7) is 6.27. The van der Waals surface area contributed by atoms with E-state index in [1.807, 2.05) is 4.57 Å². The molecular weight excluding hydrogens is 204 g/mol. The SMILES string of the molecule is CNc1nc(N)nc2c1ncn2C(C)(C)C. The molecule has 0 unspecified atom stereocenters. The summed E-state index contributed by atoms with van der Waals surface area (Å²) >= 11 is 0. The number of hydrogen-bond donors (Lipinski definition) is 2. The summed E-state index contributed by atoms with van der Waals surface area (Å²) in [5, 5.41) is 2.97. The maximum atomic E-state index is 5.67. The third-order valence-corrected chi connectivity index (χ3v) is 2.37. The van der Waals surface area contributed by atoms with Crippen LogP contribution in [-0.2, 0) is 5.54 Å². The third-order valence-electron chi connectivity index (χ3n) is 2.37. The maximum absolute atomic E-state index is 5.67.